The lowest BCUT2D eigenvalue weighted by molar-refractivity contribution is 0.0564. The molecular formula is C18H26N2O4. The topological polar surface area (TPSA) is 79.7 Å². The number of aromatic carboxylic acids is 1. The van der Waals surface area contributed by atoms with E-state index in [1.165, 1.54) is 23.4 Å². The summed E-state index contributed by atoms with van der Waals surface area (Å²) in [6, 6.07) is 1.31. The van der Waals surface area contributed by atoms with E-state index < -0.39 is 17.7 Å². The number of aromatic nitrogens is 1. The van der Waals surface area contributed by atoms with Crippen molar-refractivity contribution >= 4 is 17.7 Å². The third-order valence-corrected chi connectivity index (χ3v) is 4.19. The zero-order valence-corrected chi connectivity index (χ0v) is 15.0. The van der Waals surface area contributed by atoms with Crippen molar-refractivity contribution in [2.75, 3.05) is 4.90 Å². The molecule has 2 rings (SSSR count). The largest absolute Gasteiger partial charge is 0.478 e. The Labute approximate surface area is 142 Å². The molecule has 1 aromatic rings. The van der Waals surface area contributed by atoms with Gasteiger partial charge in [0, 0.05) is 12.2 Å². The number of carbonyl (C=O) groups is 2. The molecule has 1 heterocycles. The van der Waals surface area contributed by atoms with Crippen LogP contribution in [0.2, 0.25) is 0 Å². The maximum Gasteiger partial charge on any atom is 0.415 e. The normalized spacial score (nSPS) is 19.8. The van der Waals surface area contributed by atoms with E-state index in [-0.39, 0.29) is 17.0 Å². The summed E-state index contributed by atoms with van der Waals surface area (Å²) in [5.41, 5.74) is -0.200. The second-order valence-electron chi connectivity index (χ2n) is 8.11. The van der Waals surface area contributed by atoms with E-state index in [0.29, 0.717) is 5.69 Å². The second-order valence-corrected chi connectivity index (χ2v) is 8.11. The van der Waals surface area contributed by atoms with Crippen molar-refractivity contribution < 1.29 is 19.4 Å². The quantitative estimate of drug-likeness (QED) is 0.900. The van der Waals surface area contributed by atoms with Gasteiger partial charge in [0.25, 0.3) is 0 Å². The van der Waals surface area contributed by atoms with Gasteiger partial charge in [-0.15, -0.1) is 0 Å². The van der Waals surface area contributed by atoms with Crippen LogP contribution < -0.4 is 4.90 Å². The van der Waals surface area contributed by atoms with Gasteiger partial charge in [-0.25, -0.2) is 9.59 Å². The third-order valence-electron chi connectivity index (χ3n) is 4.19. The minimum atomic E-state index is -1.08. The Balaban J connectivity index is 2.44. The van der Waals surface area contributed by atoms with Gasteiger partial charge in [-0.1, -0.05) is 13.8 Å². The molecule has 132 valence electrons. The summed E-state index contributed by atoms with van der Waals surface area (Å²) in [7, 11) is 0. The fraction of sp³-hybridized carbons (Fsp3) is 0.611. The summed E-state index contributed by atoms with van der Waals surface area (Å²) in [6.07, 6.45) is 4.89. The summed E-state index contributed by atoms with van der Waals surface area (Å²) in [5.74, 6) is -1.08. The van der Waals surface area contributed by atoms with Crippen LogP contribution in [0.4, 0.5) is 10.5 Å². The van der Waals surface area contributed by atoms with E-state index in [2.05, 4.69) is 18.8 Å². The highest BCUT2D eigenvalue weighted by molar-refractivity contribution is 6.00. The molecule has 1 aliphatic carbocycles. The van der Waals surface area contributed by atoms with Crippen LogP contribution in [0.1, 0.15) is 64.2 Å². The van der Waals surface area contributed by atoms with E-state index in [9.17, 15) is 14.7 Å². The van der Waals surface area contributed by atoms with E-state index in [1.54, 1.807) is 20.8 Å². The number of nitrogens with zero attached hydrogens (tertiary/aromatic N) is 2. The average molecular weight is 334 g/mol. The van der Waals surface area contributed by atoms with Crippen LogP contribution in [0.5, 0.6) is 0 Å². The van der Waals surface area contributed by atoms with Crippen LogP contribution in [-0.2, 0) is 4.74 Å². The molecule has 1 saturated carbocycles. The highest BCUT2D eigenvalue weighted by Crippen LogP contribution is 2.41. The molecule has 1 N–H and O–H groups in total. The SMILES string of the molecule is CC1(C)CCC(N(C(=O)OC(C)(C)C)c2cnccc2C(=O)O)C1. The fourth-order valence-electron chi connectivity index (χ4n) is 3.13. The van der Waals surface area contributed by atoms with Crippen molar-refractivity contribution in [1.82, 2.24) is 4.98 Å². The molecule has 1 amide bonds. The van der Waals surface area contributed by atoms with Crippen LogP contribution >= 0.6 is 0 Å². The number of carboxylic acids is 1. The van der Waals surface area contributed by atoms with Crippen LogP contribution in [-0.4, -0.2) is 33.8 Å². The lowest BCUT2D eigenvalue weighted by Crippen LogP contribution is -2.43. The van der Waals surface area contributed by atoms with Crippen molar-refractivity contribution in [1.29, 1.82) is 0 Å². The number of hydrogen-bond donors (Lipinski definition) is 1. The van der Waals surface area contributed by atoms with Crippen molar-refractivity contribution in [2.45, 2.75) is 65.5 Å². The maximum absolute atomic E-state index is 12.8. The lowest BCUT2D eigenvalue weighted by Gasteiger charge is -2.32. The molecule has 0 aromatic carbocycles. The Morgan fingerprint density at radius 2 is 2.04 bits per heavy atom. The average Bonchev–Trinajstić information content (AvgIpc) is 2.77. The molecule has 0 saturated heterocycles. The number of ether oxygens (including phenoxy) is 1. The monoisotopic (exact) mass is 334 g/mol. The predicted molar refractivity (Wildman–Crippen MR) is 91.3 cm³/mol. The Morgan fingerprint density at radius 1 is 1.38 bits per heavy atom. The van der Waals surface area contributed by atoms with Crippen LogP contribution in [0, 0.1) is 5.41 Å². The van der Waals surface area contributed by atoms with Gasteiger partial charge in [-0.05, 0) is 51.5 Å². The summed E-state index contributed by atoms with van der Waals surface area (Å²) in [4.78, 5) is 29.9. The van der Waals surface area contributed by atoms with Gasteiger partial charge in [-0.3, -0.25) is 9.88 Å². The van der Waals surface area contributed by atoms with E-state index >= 15 is 0 Å². The van der Waals surface area contributed by atoms with Crippen molar-refractivity contribution in [3.8, 4) is 0 Å². The number of hydrogen-bond acceptors (Lipinski definition) is 4. The molecule has 1 aliphatic rings. The van der Waals surface area contributed by atoms with Gasteiger partial charge in [0.2, 0.25) is 0 Å². The number of amides is 1. The molecule has 0 aliphatic heterocycles. The van der Waals surface area contributed by atoms with Gasteiger partial charge in [0.05, 0.1) is 17.4 Å². The second kappa shape index (κ2) is 6.42. The van der Waals surface area contributed by atoms with Gasteiger partial charge in [-0.2, -0.15) is 0 Å². The van der Waals surface area contributed by atoms with E-state index in [4.69, 9.17) is 4.74 Å². The number of anilines is 1. The van der Waals surface area contributed by atoms with Gasteiger partial charge < -0.3 is 9.84 Å². The Morgan fingerprint density at radius 3 is 2.54 bits per heavy atom. The molecular weight excluding hydrogens is 308 g/mol. The van der Waals surface area contributed by atoms with Crippen LogP contribution in [0.15, 0.2) is 18.5 Å². The third kappa shape index (κ3) is 4.24. The maximum atomic E-state index is 12.8. The van der Waals surface area contributed by atoms with Gasteiger partial charge >= 0.3 is 12.1 Å². The standard InChI is InChI=1S/C18H26N2O4/c1-17(2,3)24-16(23)20(12-6-8-18(4,5)10-12)14-11-19-9-7-13(14)15(21)22/h7,9,11-12H,6,8,10H2,1-5H3,(H,21,22). The first kappa shape index (κ1) is 18.2. The molecule has 0 radical (unpaired) electrons. The summed E-state index contributed by atoms with van der Waals surface area (Å²) < 4.78 is 5.54. The number of carboxylic acid groups (broad SMARTS) is 1. The molecule has 6 heteroatoms. The minimum absolute atomic E-state index is 0.0561. The first-order chi connectivity index (χ1) is 11.0. The number of carbonyl (C=O) groups excluding carboxylic acids is 1. The van der Waals surface area contributed by atoms with Crippen molar-refractivity contribution in [3.05, 3.63) is 24.0 Å². The highest BCUT2D eigenvalue weighted by Gasteiger charge is 2.40. The molecule has 1 fully saturated rings. The van der Waals surface area contributed by atoms with E-state index in [0.717, 1.165) is 19.3 Å². The summed E-state index contributed by atoms with van der Waals surface area (Å²) in [6.45, 7) is 9.69. The smallest absolute Gasteiger partial charge is 0.415 e. The number of rotatable bonds is 3. The highest BCUT2D eigenvalue weighted by atomic mass is 16.6. The first-order valence-electron chi connectivity index (χ1n) is 8.20. The minimum Gasteiger partial charge on any atom is -0.478 e. The van der Waals surface area contributed by atoms with Crippen LogP contribution in [0.3, 0.4) is 0 Å². The molecule has 1 unspecified atom stereocenters. The number of pyridine rings is 1. The zero-order chi connectivity index (χ0) is 18.1. The molecule has 0 bridgehead atoms. The van der Waals surface area contributed by atoms with E-state index in [1.807, 2.05) is 0 Å². The van der Waals surface area contributed by atoms with Gasteiger partial charge in [0.15, 0.2) is 0 Å². The molecule has 1 aromatic heterocycles. The Kier molecular flexibility index (Phi) is 4.87. The summed E-state index contributed by atoms with van der Waals surface area (Å²) in [5, 5.41) is 9.47. The molecule has 24 heavy (non-hydrogen) atoms. The van der Waals surface area contributed by atoms with Crippen molar-refractivity contribution in [2.24, 2.45) is 5.41 Å². The summed E-state index contributed by atoms with van der Waals surface area (Å²) >= 11 is 0. The Bertz CT molecular complexity index is 634. The fourth-order valence-corrected chi connectivity index (χ4v) is 3.13. The Hall–Kier alpha value is -2.11. The molecule has 6 nitrogen and oxygen atoms in total. The first-order valence-corrected chi connectivity index (χ1v) is 8.20. The molecule has 1 atom stereocenters. The predicted octanol–water partition coefficient (Wildman–Crippen LogP) is 4.10. The lowest BCUT2D eigenvalue weighted by atomic mass is 9.91. The zero-order valence-electron chi connectivity index (χ0n) is 15.0. The van der Waals surface area contributed by atoms with Crippen LogP contribution in [0.25, 0.3) is 0 Å². The van der Waals surface area contributed by atoms with Gasteiger partial charge in [0.1, 0.15) is 5.60 Å². The van der Waals surface area contributed by atoms with Crippen molar-refractivity contribution in [3.63, 3.8) is 0 Å². The molecule has 0 spiro atoms.